The summed E-state index contributed by atoms with van der Waals surface area (Å²) in [6, 6.07) is 0. The zero-order valence-corrected chi connectivity index (χ0v) is 11.6. The van der Waals surface area contributed by atoms with E-state index in [9.17, 15) is 17.4 Å². The van der Waals surface area contributed by atoms with Crippen LogP contribution >= 0.6 is 11.3 Å². The monoisotopic (exact) mass is 298 g/mol. The van der Waals surface area contributed by atoms with Gasteiger partial charge in [0.25, 0.3) is 0 Å². The summed E-state index contributed by atoms with van der Waals surface area (Å²) in [6.45, 7) is 3.68. The molecule has 8 heteroatoms. The Labute approximate surface area is 108 Å². The zero-order chi connectivity index (χ0) is 13.8. The van der Waals surface area contributed by atoms with E-state index in [0.717, 1.165) is 11.3 Å². The van der Waals surface area contributed by atoms with Crippen LogP contribution in [-0.4, -0.2) is 21.5 Å². The molecule has 1 atom stereocenters. The van der Waals surface area contributed by atoms with Crippen molar-refractivity contribution in [2.45, 2.75) is 24.6 Å². The molecule has 102 valence electrons. The number of thiazole rings is 1. The van der Waals surface area contributed by atoms with Crippen LogP contribution < -0.4 is 0 Å². The maximum Gasteiger partial charge on any atom is 0.301 e. The molecule has 1 rings (SSSR count). The molecule has 0 fully saturated rings. The minimum atomic E-state index is -2.90. The van der Waals surface area contributed by atoms with Crippen LogP contribution in [0.25, 0.3) is 0 Å². The first-order valence-corrected chi connectivity index (χ1v) is 7.78. The second kappa shape index (κ2) is 6.33. The largest absolute Gasteiger partial charge is 0.301 e. The Kier molecular flexibility index (Phi) is 5.33. The van der Waals surface area contributed by atoms with Crippen molar-refractivity contribution in [2.75, 3.05) is 12.3 Å². The summed E-state index contributed by atoms with van der Waals surface area (Å²) in [4.78, 5) is 4.05. The maximum atomic E-state index is 12.8. The van der Waals surface area contributed by atoms with Crippen molar-refractivity contribution in [3.05, 3.63) is 23.0 Å². The molecule has 0 radical (unpaired) electrons. The molecule has 1 unspecified atom stereocenters. The molecule has 0 aliphatic carbocycles. The molecular weight excluding hydrogens is 285 g/mol. The number of aryl methyl sites for hydroxylation is 1. The summed E-state index contributed by atoms with van der Waals surface area (Å²) < 4.78 is 53.3. The van der Waals surface area contributed by atoms with Crippen LogP contribution in [0.1, 0.15) is 19.0 Å². The van der Waals surface area contributed by atoms with Crippen LogP contribution in [0, 0.1) is 6.92 Å². The molecule has 0 aliphatic heterocycles. The van der Waals surface area contributed by atoms with E-state index in [-0.39, 0.29) is 16.6 Å². The Hall–Kier alpha value is -0.890. The number of halogens is 3. The third kappa shape index (κ3) is 3.81. The molecule has 0 bridgehead atoms. The number of aromatic nitrogens is 1. The van der Waals surface area contributed by atoms with E-state index in [4.69, 9.17) is 0 Å². The molecule has 0 spiro atoms. The zero-order valence-electron chi connectivity index (χ0n) is 9.95. The second-order valence-electron chi connectivity index (χ2n) is 3.46. The van der Waals surface area contributed by atoms with Crippen molar-refractivity contribution in [1.82, 2.24) is 4.98 Å². The average Bonchev–Trinajstić information content (AvgIpc) is 2.73. The third-order valence-corrected chi connectivity index (χ3v) is 5.90. The van der Waals surface area contributed by atoms with Gasteiger partial charge in [-0.15, -0.1) is 11.3 Å². The first kappa shape index (κ1) is 15.2. The minimum absolute atomic E-state index is 0.265. The Morgan fingerprint density at radius 2 is 2.17 bits per heavy atom. The van der Waals surface area contributed by atoms with Gasteiger partial charge in [0.05, 0.1) is 0 Å². The molecule has 0 amide bonds. The molecule has 3 nitrogen and oxygen atoms in total. The number of hydrogen-bond donors (Lipinski definition) is 0. The van der Waals surface area contributed by atoms with Crippen molar-refractivity contribution in [3.63, 3.8) is 0 Å². The van der Waals surface area contributed by atoms with Crippen LogP contribution in [-0.2, 0) is 9.73 Å². The fourth-order valence-electron chi connectivity index (χ4n) is 1.22. The van der Waals surface area contributed by atoms with Gasteiger partial charge in [-0.2, -0.15) is 8.78 Å². The van der Waals surface area contributed by atoms with Gasteiger partial charge in [0, 0.05) is 29.8 Å². The highest BCUT2D eigenvalue weighted by Crippen LogP contribution is 2.22. The van der Waals surface area contributed by atoms with E-state index < -0.39 is 28.1 Å². The van der Waals surface area contributed by atoms with Crippen molar-refractivity contribution in [2.24, 2.45) is 4.36 Å². The van der Waals surface area contributed by atoms with Crippen molar-refractivity contribution >= 4 is 21.1 Å². The van der Waals surface area contributed by atoms with E-state index in [1.807, 2.05) is 0 Å². The molecule has 1 aromatic heterocycles. The molecule has 18 heavy (non-hydrogen) atoms. The lowest BCUT2D eigenvalue weighted by atomic mass is 10.4. The van der Waals surface area contributed by atoms with Gasteiger partial charge in [-0.3, -0.25) is 0 Å². The van der Waals surface area contributed by atoms with Gasteiger partial charge in [0.1, 0.15) is 9.73 Å². The third-order valence-electron chi connectivity index (χ3n) is 2.01. The predicted molar refractivity (Wildman–Crippen MR) is 66.1 cm³/mol. The lowest BCUT2D eigenvalue weighted by molar-refractivity contribution is 0.373. The standard InChI is InChI=1S/C10H13F3N2OS2/c1-3-14-18(16,5-4-8(11)9(12)13)10-15-7(2)6-17-10/h6H,3-5H2,1-2H3. The lowest BCUT2D eigenvalue weighted by Gasteiger charge is -2.05. The first-order valence-electron chi connectivity index (χ1n) is 5.21. The van der Waals surface area contributed by atoms with Gasteiger partial charge in [0.15, 0.2) is 10.2 Å². The van der Waals surface area contributed by atoms with Gasteiger partial charge in [0.2, 0.25) is 0 Å². The van der Waals surface area contributed by atoms with Crippen molar-refractivity contribution in [1.29, 1.82) is 0 Å². The Bertz CT molecular complexity index is 555. The normalized spacial score (nSPS) is 14.1. The average molecular weight is 298 g/mol. The Morgan fingerprint density at radius 1 is 1.50 bits per heavy atom. The quantitative estimate of drug-likeness (QED) is 0.830. The van der Waals surface area contributed by atoms with Crippen molar-refractivity contribution < 1.29 is 17.4 Å². The summed E-state index contributed by atoms with van der Waals surface area (Å²) in [5.74, 6) is -1.82. The Morgan fingerprint density at radius 3 is 2.61 bits per heavy atom. The molecule has 1 heterocycles. The summed E-state index contributed by atoms with van der Waals surface area (Å²) in [7, 11) is -2.90. The van der Waals surface area contributed by atoms with Gasteiger partial charge in [-0.05, 0) is 13.8 Å². The fraction of sp³-hybridized carbons (Fsp3) is 0.500. The molecule has 0 N–H and O–H groups in total. The summed E-state index contributed by atoms with van der Waals surface area (Å²) in [5.41, 5.74) is 0.682. The topological polar surface area (TPSA) is 42.3 Å². The SMILES string of the molecule is CCN=S(=O)(CCC(F)=C(F)F)c1nc(C)cs1. The number of hydrogen-bond acceptors (Lipinski definition) is 4. The summed E-state index contributed by atoms with van der Waals surface area (Å²) in [5, 5.41) is 1.70. The highest BCUT2D eigenvalue weighted by Gasteiger charge is 2.18. The first-order chi connectivity index (χ1) is 8.39. The van der Waals surface area contributed by atoms with Gasteiger partial charge in [-0.25, -0.2) is 17.9 Å². The number of rotatable bonds is 5. The van der Waals surface area contributed by atoms with Gasteiger partial charge in [-0.1, -0.05) is 0 Å². The highest BCUT2D eigenvalue weighted by molar-refractivity contribution is 7.95. The van der Waals surface area contributed by atoms with Crippen LogP contribution in [0.15, 0.2) is 26.0 Å². The van der Waals surface area contributed by atoms with Crippen LogP contribution in [0.5, 0.6) is 0 Å². The number of allylic oxidation sites excluding steroid dienone is 1. The smallest absolute Gasteiger partial charge is 0.242 e. The number of nitrogens with zero attached hydrogens (tertiary/aromatic N) is 2. The van der Waals surface area contributed by atoms with E-state index in [1.165, 1.54) is 0 Å². The molecule has 0 aromatic carbocycles. The predicted octanol–water partition coefficient (Wildman–Crippen LogP) is 3.77. The second-order valence-corrected chi connectivity index (χ2v) is 6.91. The maximum absolute atomic E-state index is 12.8. The van der Waals surface area contributed by atoms with E-state index in [1.54, 1.807) is 19.2 Å². The minimum Gasteiger partial charge on any atom is -0.242 e. The molecule has 0 saturated heterocycles. The Balaban J connectivity index is 3.01. The summed E-state index contributed by atoms with van der Waals surface area (Å²) >= 11 is 1.15. The van der Waals surface area contributed by atoms with Gasteiger partial charge < -0.3 is 0 Å². The van der Waals surface area contributed by atoms with Crippen LogP contribution in [0.3, 0.4) is 0 Å². The summed E-state index contributed by atoms with van der Waals surface area (Å²) in [6.07, 6.45) is -2.97. The van der Waals surface area contributed by atoms with Crippen LogP contribution in [0.4, 0.5) is 13.2 Å². The molecular formula is C10H13F3N2OS2. The van der Waals surface area contributed by atoms with Gasteiger partial charge >= 0.3 is 6.08 Å². The molecule has 1 aromatic rings. The molecule has 0 aliphatic rings. The van der Waals surface area contributed by atoms with Crippen molar-refractivity contribution in [3.8, 4) is 0 Å². The van der Waals surface area contributed by atoms with E-state index in [0.29, 0.717) is 5.69 Å². The van der Waals surface area contributed by atoms with E-state index in [2.05, 4.69) is 9.35 Å². The lowest BCUT2D eigenvalue weighted by Crippen LogP contribution is -2.08. The molecule has 0 saturated carbocycles. The fourth-order valence-corrected chi connectivity index (χ4v) is 4.47. The highest BCUT2D eigenvalue weighted by atomic mass is 32.2. The van der Waals surface area contributed by atoms with E-state index >= 15 is 0 Å². The van der Waals surface area contributed by atoms with Crippen LogP contribution in [0.2, 0.25) is 0 Å².